The summed E-state index contributed by atoms with van der Waals surface area (Å²) in [5.41, 5.74) is 2.96. The molecule has 2 aromatic carbocycles. The molecule has 0 aliphatic carbocycles. The number of benzene rings is 2. The molecular weight excluding hydrogens is 364 g/mol. The average Bonchev–Trinajstić information content (AvgIpc) is 2.69. The van der Waals surface area contributed by atoms with Crippen molar-refractivity contribution in [1.29, 1.82) is 0 Å². The first-order valence-electron chi connectivity index (χ1n) is 9.87. The Morgan fingerprint density at radius 2 is 1.69 bits per heavy atom. The Balaban J connectivity index is 1.71. The Labute approximate surface area is 171 Å². The van der Waals surface area contributed by atoms with Crippen LogP contribution in [-0.4, -0.2) is 17.5 Å². The maximum Gasteiger partial charge on any atom is 0.257 e. The van der Waals surface area contributed by atoms with Crippen molar-refractivity contribution in [3.05, 3.63) is 77.6 Å². The summed E-state index contributed by atoms with van der Waals surface area (Å²) in [5.74, 6) is 1.87. The van der Waals surface area contributed by atoms with Crippen LogP contribution in [0.2, 0.25) is 0 Å². The van der Waals surface area contributed by atoms with Gasteiger partial charge in [-0.3, -0.25) is 9.78 Å². The molecule has 0 atom stereocenters. The molecule has 0 fully saturated rings. The number of amides is 1. The quantitative estimate of drug-likeness (QED) is 0.529. The third-order valence-electron chi connectivity index (χ3n) is 4.34. The van der Waals surface area contributed by atoms with Crippen LogP contribution in [-0.2, 0) is 6.42 Å². The van der Waals surface area contributed by atoms with Crippen molar-refractivity contribution in [2.75, 3.05) is 11.9 Å². The van der Waals surface area contributed by atoms with Crippen molar-refractivity contribution >= 4 is 11.6 Å². The lowest BCUT2D eigenvalue weighted by molar-refractivity contribution is 0.102. The number of carbonyl (C=O) groups is 1. The summed E-state index contributed by atoms with van der Waals surface area (Å²) >= 11 is 0. The Morgan fingerprint density at radius 3 is 2.41 bits per heavy atom. The van der Waals surface area contributed by atoms with E-state index in [9.17, 15) is 4.79 Å². The van der Waals surface area contributed by atoms with Crippen molar-refractivity contribution in [3.8, 4) is 17.2 Å². The van der Waals surface area contributed by atoms with E-state index in [0.717, 1.165) is 30.0 Å². The van der Waals surface area contributed by atoms with Gasteiger partial charge >= 0.3 is 0 Å². The summed E-state index contributed by atoms with van der Waals surface area (Å²) in [6.45, 7) is 6.51. The molecule has 0 bridgehead atoms. The molecule has 0 unspecified atom stereocenters. The average molecular weight is 390 g/mol. The molecule has 0 radical (unpaired) electrons. The van der Waals surface area contributed by atoms with Crippen LogP contribution < -0.4 is 14.8 Å². The van der Waals surface area contributed by atoms with Crippen LogP contribution in [0.25, 0.3) is 0 Å². The summed E-state index contributed by atoms with van der Waals surface area (Å²) in [6, 6.07) is 18.5. The predicted molar refractivity (Wildman–Crippen MR) is 115 cm³/mol. The van der Waals surface area contributed by atoms with Crippen molar-refractivity contribution in [2.24, 2.45) is 0 Å². The first-order chi connectivity index (χ1) is 14.1. The van der Waals surface area contributed by atoms with Crippen molar-refractivity contribution < 1.29 is 14.3 Å². The third kappa shape index (κ3) is 5.57. The van der Waals surface area contributed by atoms with Crippen LogP contribution in [0.4, 0.5) is 5.69 Å². The van der Waals surface area contributed by atoms with E-state index >= 15 is 0 Å². The minimum absolute atomic E-state index is 0.187. The van der Waals surface area contributed by atoms with Gasteiger partial charge in [0.2, 0.25) is 0 Å². The smallest absolute Gasteiger partial charge is 0.257 e. The van der Waals surface area contributed by atoms with E-state index in [0.29, 0.717) is 29.4 Å². The Hall–Kier alpha value is -3.34. The lowest BCUT2D eigenvalue weighted by Crippen LogP contribution is -2.14. The summed E-state index contributed by atoms with van der Waals surface area (Å²) in [6.07, 6.45) is 1.94. The maximum atomic E-state index is 12.7. The Kier molecular flexibility index (Phi) is 6.85. The number of anilines is 1. The minimum atomic E-state index is -0.187. The maximum absolute atomic E-state index is 12.7. The minimum Gasteiger partial charge on any atom is -0.494 e. The number of aromatic nitrogens is 1. The predicted octanol–water partition coefficient (Wildman–Crippen LogP) is 5.79. The van der Waals surface area contributed by atoms with Gasteiger partial charge in [0.1, 0.15) is 17.2 Å². The standard InChI is InChI=1S/C24H26N2O3/c1-4-8-18-13-14-23(17(3)25-18)24(27)26-19-9-6-11-21(15-19)29-22-12-7-10-20(16-22)28-5-2/h6-7,9-16H,4-5,8H2,1-3H3,(H,26,27). The molecule has 0 spiro atoms. The molecule has 0 aliphatic heterocycles. The molecule has 3 rings (SSSR count). The molecule has 29 heavy (non-hydrogen) atoms. The molecule has 0 saturated heterocycles. The summed E-state index contributed by atoms with van der Waals surface area (Å²) in [4.78, 5) is 17.2. The summed E-state index contributed by atoms with van der Waals surface area (Å²) in [7, 11) is 0. The molecule has 3 aromatic rings. The van der Waals surface area contributed by atoms with Gasteiger partial charge in [0.05, 0.1) is 17.9 Å². The highest BCUT2D eigenvalue weighted by molar-refractivity contribution is 6.05. The second-order valence-electron chi connectivity index (χ2n) is 6.68. The molecule has 0 aliphatic rings. The molecule has 5 heteroatoms. The van der Waals surface area contributed by atoms with Crippen LogP contribution in [0.1, 0.15) is 42.0 Å². The van der Waals surface area contributed by atoms with Crippen molar-refractivity contribution in [1.82, 2.24) is 4.98 Å². The summed E-state index contributed by atoms with van der Waals surface area (Å²) < 4.78 is 11.4. The van der Waals surface area contributed by atoms with E-state index in [1.807, 2.05) is 68.4 Å². The number of carbonyl (C=O) groups excluding carboxylic acids is 1. The van der Waals surface area contributed by atoms with Crippen LogP contribution >= 0.6 is 0 Å². The lowest BCUT2D eigenvalue weighted by Gasteiger charge is -2.11. The molecule has 0 saturated carbocycles. The molecule has 5 nitrogen and oxygen atoms in total. The van der Waals surface area contributed by atoms with Crippen LogP contribution in [0, 0.1) is 6.92 Å². The number of hydrogen-bond donors (Lipinski definition) is 1. The van der Waals surface area contributed by atoms with E-state index in [1.54, 1.807) is 6.07 Å². The number of aryl methyl sites for hydroxylation is 2. The third-order valence-corrected chi connectivity index (χ3v) is 4.34. The first kappa shape index (κ1) is 20.4. The van der Waals surface area contributed by atoms with Gasteiger partial charge in [0.25, 0.3) is 5.91 Å². The fraction of sp³-hybridized carbons (Fsp3) is 0.250. The highest BCUT2D eigenvalue weighted by Crippen LogP contribution is 2.27. The molecule has 1 amide bonds. The zero-order chi connectivity index (χ0) is 20.6. The topological polar surface area (TPSA) is 60.5 Å². The fourth-order valence-electron chi connectivity index (χ4n) is 3.01. The Morgan fingerprint density at radius 1 is 0.966 bits per heavy atom. The monoisotopic (exact) mass is 390 g/mol. The summed E-state index contributed by atoms with van der Waals surface area (Å²) in [5, 5.41) is 2.92. The fourth-order valence-corrected chi connectivity index (χ4v) is 3.01. The first-order valence-corrected chi connectivity index (χ1v) is 9.87. The molecule has 150 valence electrons. The van der Waals surface area contributed by atoms with E-state index in [2.05, 4.69) is 17.2 Å². The van der Waals surface area contributed by atoms with Gasteiger partial charge in [-0.1, -0.05) is 25.5 Å². The highest BCUT2D eigenvalue weighted by Gasteiger charge is 2.11. The van der Waals surface area contributed by atoms with Gasteiger partial charge in [-0.05, 0) is 56.7 Å². The largest absolute Gasteiger partial charge is 0.494 e. The van der Waals surface area contributed by atoms with Gasteiger partial charge in [0, 0.05) is 23.5 Å². The van der Waals surface area contributed by atoms with Gasteiger partial charge in [-0.25, -0.2) is 0 Å². The van der Waals surface area contributed by atoms with E-state index in [1.165, 1.54) is 0 Å². The van der Waals surface area contributed by atoms with Crippen molar-refractivity contribution in [3.63, 3.8) is 0 Å². The van der Waals surface area contributed by atoms with Crippen LogP contribution in [0.3, 0.4) is 0 Å². The van der Waals surface area contributed by atoms with Gasteiger partial charge in [-0.15, -0.1) is 0 Å². The number of rotatable bonds is 8. The van der Waals surface area contributed by atoms with Gasteiger partial charge in [0.15, 0.2) is 0 Å². The van der Waals surface area contributed by atoms with E-state index in [4.69, 9.17) is 9.47 Å². The SMILES string of the molecule is CCCc1ccc(C(=O)Nc2cccc(Oc3cccc(OCC)c3)c2)c(C)n1. The molecule has 1 aromatic heterocycles. The lowest BCUT2D eigenvalue weighted by atomic mass is 10.1. The number of hydrogen-bond acceptors (Lipinski definition) is 4. The van der Waals surface area contributed by atoms with Crippen LogP contribution in [0.5, 0.6) is 17.2 Å². The van der Waals surface area contributed by atoms with Crippen LogP contribution in [0.15, 0.2) is 60.7 Å². The van der Waals surface area contributed by atoms with Gasteiger partial charge < -0.3 is 14.8 Å². The second-order valence-corrected chi connectivity index (χ2v) is 6.68. The zero-order valence-corrected chi connectivity index (χ0v) is 17.1. The molecule has 1 N–H and O–H groups in total. The number of nitrogens with zero attached hydrogens (tertiary/aromatic N) is 1. The molecular formula is C24H26N2O3. The number of pyridine rings is 1. The van der Waals surface area contributed by atoms with Gasteiger partial charge in [-0.2, -0.15) is 0 Å². The zero-order valence-electron chi connectivity index (χ0n) is 17.1. The van der Waals surface area contributed by atoms with E-state index in [-0.39, 0.29) is 5.91 Å². The normalized spacial score (nSPS) is 10.4. The number of nitrogens with one attached hydrogen (secondary N) is 1. The highest BCUT2D eigenvalue weighted by atomic mass is 16.5. The molecule has 1 heterocycles. The number of ether oxygens (including phenoxy) is 2. The Bertz CT molecular complexity index is 985. The van der Waals surface area contributed by atoms with Crippen molar-refractivity contribution in [2.45, 2.75) is 33.6 Å². The van der Waals surface area contributed by atoms with E-state index < -0.39 is 0 Å². The second kappa shape index (κ2) is 9.73.